The van der Waals surface area contributed by atoms with Crippen molar-refractivity contribution >= 4 is 40.2 Å². The molecule has 8 nitrogen and oxygen atoms in total. The summed E-state index contributed by atoms with van der Waals surface area (Å²) in [5, 5.41) is 13.9. The summed E-state index contributed by atoms with van der Waals surface area (Å²) in [6.45, 7) is 11.2. The second-order valence-electron chi connectivity index (χ2n) is 9.85. The molecule has 1 aromatic heterocycles. The first-order valence-electron chi connectivity index (χ1n) is 12.5. The number of anilines is 2. The van der Waals surface area contributed by atoms with Crippen LogP contribution in [0.3, 0.4) is 0 Å². The zero-order valence-corrected chi connectivity index (χ0v) is 22.0. The first kappa shape index (κ1) is 26.1. The van der Waals surface area contributed by atoms with Crippen molar-refractivity contribution in [2.75, 3.05) is 49.5 Å². The normalized spacial score (nSPS) is 16.7. The maximum Gasteiger partial charge on any atom is 0.246 e. The van der Waals surface area contributed by atoms with Crippen LogP contribution in [0.5, 0.6) is 5.75 Å². The Morgan fingerprint density at radius 3 is 2.53 bits per heavy atom. The number of rotatable bonds is 6. The number of phenolic OH excluding ortho intramolecular Hbond substituents is 1. The van der Waals surface area contributed by atoms with Crippen molar-refractivity contribution in [1.29, 1.82) is 0 Å². The third kappa shape index (κ3) is 4.74. The lowest BCUT2D eigenvalue weighted by Crippen LogP contribution is -2.57. The maximum absolute atomic E-state index is 16.1. The summed E-state index contributed by atoms with van der Waals surface area (Å²) in [6.07, 6.45) is 1.28. The molecule has 0 aliphatic carbocycles. The number of aromatic hydroxyl groups is 1. The summed E-state index contributed by atoms with van der Waals surface area (Å²) in [5.74, 6) is -1.52. The fraction of sp³-hybridized carbons (Fsp3) is 0.370. The van der Waals surface area contributed by atoms with Gasteiger partial charge in [0.2, 0.25) is 11.9 Å². The molecule has 2 aliphatic rings. The number of likely N-dealkylation sites (tertiary alicyclic amines) is 1. The molecule has 0 bridgehead atoms. The molecule has 0 spiro atoms. The predicted molar refractivity (Wildman–Crippen MR) is 145 cm³/mol. The summed E-state index contributed by atoms with van der Waals surface area (Å²) >= 11 is 6.51. The molecular formula is C27H29ClF2N6O2. The fourth-order valence-electron chi connectivity index (χ4n) is 4.95. The van der Waals surface area contributed by atoms with E-state index in [-0.39, 0.29) is 39.6 Å². The largest absolute Gasteiger partial charge is 0.507 e. The fourth-order valence-corrected chi connectivity index (χ4v) is 5.24. The molecule has 3 heterocycles. The van der Waals surface area contributed by atoms with Gasteiger partial charge in [0.05, 0.1) is 16.6 Å². The van der Waals surface area contributed by atoms with E-state index in [0.717, 1.165) is 19.2 Å². The SMILES string of the molecule is C=CC(=O)N1CCN(c2nc(NC3CN(C(C)C)C3)nc3c(F)c(-c4c(O)cccc4F)c(Cl)cc23)CC1. The van der Waals surface area contributed by atoms with Crippen LogP contribution in [-0.2, 0) is 4.79 Å². The van der Waals surface area contributed by atoms with Crippen molar-refractivity contribution in [3.05, 3.63) is 53.6 Å². The van der Waals surface area contributed by atoms with Crippen LogP contribution in [0.4, 0.5) is 20.5 Å². The molecule has 1 amide bonds. The van der Waals surface area contributed by atoms with Crippen molar-refractivity contribution < 1.29 is 18.7 Å². The van der Waals surface area contributed by atoms with Gasteiger partial charge in [-0.2, -0.15) is 4.98 Å². The molecule has 200 valence electrons. The summed E-state index contributed by atoms with van der Waals surface area (Å²) in [7, 11) is 0. The van der Waals surface area contributed by atoms with Gasteiger partial charge in [-0.05, 0) is 38.1 Å². The number of nitrogens with zero attached hydrogens (tertiary/aromatic N) is 5. The minimum Gasteiger partial charge on any atom is -0.507 e. The number of aromatic nitrogens is 2. The van der Waals surface area contributed by atoms with E-state index in [0.29, 0.717) is 43.4 Å². The molecule has 0 radical (unpaired) electrons. The third-order valence-electron chi connectivity index (χ3n) is 7.14. The first-order valence-corrected chi connectivity index (χ1v) is 12.9. The molecule has 3 aromatic rings. The van der Waals surface area contributed by atoms with Crippen molar-refractivity contribution in [3.63, 3.8) is 0 Å². The summed E-state index contributed by atoms with van der Waals surface area (Å²) < 4.78 is 30.9. The van der Waals surface area contributed by atoms with E-state index in [1.165, 1.54) is 24.3 Å². The topological polar surface area (TPSA) is 84.8 Å². The first-order chi connectivity index (χ1) is 18.2. The van der Waals surface area contributed by atoms with Crippen LogP contribution >= 0.6 is 11.6 Å². The zero-order chi connectivity index (χ0) is 27.1. The van der Waals surface area contributed by atoms with Gasteiger partial charge < -0.3 is 20.2 Å². The molecule has 0 unspecified atom stereocenters. The van der Waals surface area contributed by atoms with Gasteiger partial charge in [-0.15, -0.1) is 0 Å². The smallest absolute Gasteiger partial charge is 0.246 e. The van der Waals surface area contributed by atoms with Gasteiger partial charge in [0.15, 0.2) is 5.82 Å². The Morgan fingerprint density at radius 1 is 1.18 bits per heavy atom. The quantitative estimate of drug-likeness (QED) is 0.450. The number of fused-ring (bicyclic) bond motifs is 1. The van der Waals surface area contributed by atoms with Crippen molar-refractivity contribution in [1.82, 2.24) is 19.8 Å². The van der Waals surface area contributed by atoms with Crippen molar-refractivity contribution in [2.45, 2.75) is 25.9 Å². The highest BCUT2D eigenvalue weighted by molar-refractivity contribution is 6.34. The van der Waals surface area contributed by atoms with E-state index in [1.54, 1.807) is 4.90 Å². The highest BCUT2D eigenvalue weighted by Crippen LogP contribution is 2.42. The number of nitrogens with one attached hydrogen (secondary N) is 1. The standard InChI is InChI=1S/C27H29ClF2N6O2/c1-4-21(38)34-8-10-35(11-9-34)26-17-12-18(28)22(23-19(29)6-5-7-20(23)37)24(30)25(17)32-27(33-26)31-16-13-36(14-16)15(2)3/h4-7,12,15-16,37H,1,8-11,13-14H2,2-3H3,(H,31,32,33). The molecule has 11 heteroatoms. The Labute approximate surface area is 224 Å². The molecule has 2 aliphatic heterocycles. The monoisotopic (exact) mass is 542 g/mol. The van der Waals surface area contributed by atoms with Crippen LogP contribution in [0.2, 0.25) is 5.02 Å². The third-order valence-corrected chi connectivity index (χ3v) is 7.44. The van der Waals surface area contributed by atoms with E-state index >= 15 is 4.39 Å². The van der Waals surface area contributed by atoms with E-state index < -0.39 is 17.4 Å². The Kier molecular flexibility index (Phi) is 7.11. The molecule has 2 saturated heterocycles. The highest BCUT2D eigenvalue weighted by Gasteiger charge is 2.31. The Hall–Kier alpha value is -3.50. The number of hydrogen-bond donors (Lipinski definition) is 2. The summed E-state index contributed by atoms with van der Waals surface area (Å²) in [5.41, 5.74) is -0.625. The lowest BCUT2D eigenvalue weighted by molar-refractivity contribution is -0.126. The van der Waals surface area contributed by atoms with Crippen LogP contribution in [0.1, 0.15) is 13.8 Å². The summed E-state index contributed by atoms with van der Waals surface area (Å²) in [4.78, 5) is 27.2. The van der Waals surface area contributed by atoms with E-state index in [2.05, 4.69) is 35.6 Å². The van der Waals surface area contributed by atoms with Crippen LogP contribution in [0.15, 0.2) is 36.9 Å². The van der Waals surface area contributed by atoms with Crippen LogP contribution in [0, 0.1) is 11.6 Å². The molecule has 0 saturated carbocycles. The van der Waals surface area contributed by atoms with Gasteiger partial charge in [0, 0.05) is 56.3 Å². The van der Waals surface area contributed by atoms with Crippen molar-refractivity contribution in [2.24, 2.45) is 0 Å². The van der Waals surface area contributed by atoms with Gasteiger partial charge in [-0.3, -0.25) is 9.69 Å². The van der Waals surface area contributed by atoms with Crippen LogP contribution < -0.4 is 10.2 Å². The Morgan fingerprint density at radius 2 is 1.89 bits per heavy atom. The van der Waals surface area contributed by atoms with Crippen LogP contribution in [-0.4, -0.2) is 82.1 Å². The van der Waals surface area contributed by atoms with E-state index in [4.69, 9.17) is 16.6 Å². The predicted octanol–water partition coefficient (Wildman–Crippen LogP) is 4.27. The number of benzene rings is 2. The number of phenols is 1. The Bertz CT molecular complexity index is 1380. The zero-order valence-electron chi connectivity index (χ0n) is 21.2. The molecule has 0 atom stereocenters. The number of amides is 1. The lowest BCUT2D eigenvalue weighted by Gasteiger charge is -2.42. The molecule has 2 fully saturated rings. The minimum atomic E-state index is -0.850. The lowest BCUT2D eigenvalue weighted by atomic mass is 10.0. The van der Waals surface area contributed by atoms with E-state index in [9.17, 15) is 14.3 Å². The van der Waals surface area contributed by atoms with E-state index in [1.807, 2.05) is 4.90 Å². The Balaban J connectivity index is 1.59. The van der Waals surface area contributed by atoms with Gasteiger partial charge in [0.1, 0.15) is 22.9 Å². The molecular weight excluding hydrogens is 514 g/mol. The van der Waals surface area contributed by atoms with Crippen LogP contribution in [0.25, 0.3) is 22.0 Å². The second kappa shape index (κ2) is 10.3. The number of piperazine rings is 1. The molecule has 5 rings (SSSR count). The van der Waals surface area contributed by atoms with Gasteiger partial charge in [-0.1, -0.05) is 24.2 Å². The average molecular weight is 543 g/mol. The number of carbonyl (C=O) groups is 1. The van der Waals surface area contributed by atoms with Gasteiger partial charge in [0.25, 0.3) is 0 Å². The maximum atomic E-state index is 16.1. The average Bonchev–Trinajstić information content (AvgIpc) is 2.87. The number of halogens is 3. The molecule has 38 heavy (non-hydrogen) atoms. The second-order valence-corrected chi connectivity index (χ2v) is 10.3. The molecule has 2 N–H and O–H groups in total. The highest BCUT2D eigenvalue weighted by atomic mass is 35.5. The summed E-state index contributed by atoms with van der Waals surface area (Å²) in [6, 6.07) is 5.75. The minimum absolute atomic E-state index is 0.0378. The number of carbonyl (C=O) groups excluding carboxylic acids is 1. The molecule has 2 aromatic carbocycles. The van der Waals surface area contributed by atoms with Gasteiger partial charge in [-0.25, -0.2) is 13.8 Å². The number of hydrogen-bond acceptors (Lipinski definition) is 7. The van der Waals surface area contributed by atoms with Gasteiger partial charge >= 0.3 is 0 Å². The van der Waals surface area contributed by atoms with Crippen molar-refractivity contribution in [3.8, 4) is 16.9 Å².